The van der Waals surface area contributed by atoms with Crippen LogP contribution in [-0.4, -0.2) is 43.1 Å². The zero-order chi connectivity index (χ0) is 21.0. The lowest BCUT2D eigenvalue weighted by molar-refractivity contribution is -0.141. The van der Waals surface area contributed by atoms with Crippen molar-refractivity contribution in [3.05, 3.63) is 58.7 Å². The molecule has 3 aromatic rings. The average molecular weight is 395 g/mol. The number of fused-ring (bicyclic) bond motifs is 1. The van der Waals surface area contributed by atoms with Gasteiger partial charge in [-0.1, -0.05) is 29.8 Å². The molecular weight excluding hydrogens is 370 g/mol. The molecule has 0 aliphatic carbocycles. The Bertz CT molecular complexity index is 1040. The lowest BCUT2D eigenvalue weighted by Gasteiger charge is -2.14. The zero-order valence-electron chi connectivity index (χ0n) is 16.8. The summed E-state index contributed by atoms with van der Waals surface area (Å²) < 4.78 is 1.66. The Kier molecular flexibility index (Phi) is 6.21. The molecule has 2 N–H and O–H groups in total. The van der Waals surface area contributed by atoms with Crippen LogP contribution in [0.15, 0.2) is 30.6 Å². The largest absolute Gasteiger partial charge is 0.481 e. The lowest BCUT2D eigenvalue weighted by atomic mass is 9.98. The van der Waals surface area contributed by atoms with Crippen LogP contribution in [0.25, 0.3) is 5.78 Å². The summed E-state index contributed by atoms with van der Waals surface area (Å²) in [4.78, 5) is 32.4. The Morgan fingerprint density at radius 3 is 2.76 bits per heavy atom. The van der Waals surface area contributed by atoms with Gasteiger partial charge in [0, 0.05) is 24.4 Å². The molecule has 2 heterocycles. The van der Waals surface area contributed by atoms with Gasteiger partial charge in [0.05, 0.1) is 5.92 Å². The smallest absolute Gasteiger partial charge is 0.308 e. The summed E-state index contributed by atoms with van der Waals surface area (Å²) in [6, 6.07) is 7.75. The molecule has 8 nitrogen and oxygen atoms in total. The standard InChI is InChI=1S/C21H25N5O3/c1-13-5-4-6-16(9-13)10-17(20(28)29)11-22-19(27)8-7-18-14(2)25-21-23-12-24-26(21)15(18)3/h4-6,9,12,17H,7-8,10-11H2,1-3H3,(H,22,27)(H,28,29). The predicted molar refractivity (Wildman–Crippen MR) is 108 cm³/mol. The normalized spacial score (nSPS) is 12.1. The lowest BCUT2D eigenvalue weighted by Crippen LogP contribution is -2.34. The number of rotatable bonds is 8. The third kappa shape index (κ3) is 4.96. The van der Waals surface area contributed by atoms with Gasteiger partial charge in [0.15, 0.2) is 0 Å². The molecule has 0 bridgehead atoms. The third-order valence-corrected chi connectivity index (χ3v) is 5.05. The van der Waals surface area contributed by atoms with Gasteiger partial charge in [-0.2, -0.15) is 10.1 Å². The van der Waals surface area contributed by atoms with Crippen LogP contribution in [0.5, 0.6) is 0 Å². The number of carboxylic acids is 1. The Labute approximate surface area is 169 Å². The number of hydrogen-bond acceptors (Lipinski definition) is 5. The highest BCUT2D eigenvalue weighted by molar-refractivity contribution is 5.77. The van der Waals surface area contributed by atoms with E-state index in [0.717, 1.165) is 28.1 Å². The maximum atomic E-state index is 12.3. The molecule has 1 aromatic carbocycles. The average Bonchev–Trinajstić information content (AvgIpc) is 3.13. The summed E-state index contributed by atoms with van der Waals surface area (Å²) in [6.07, 6.45) is 2.58. The van der Waals surface area contributed by atoms with Crippen LogP contribution >= 0.6 is 0 Å². The van der Waals surface area contributed by atoms with Crippen molar-refractivity contribution in [3.8, 4) is 0 Å². The Morgan fingerprint density at radius 1 is 1.24 bits per heavy atom. The monoisotopic (exact) mass is 395 g/mol. The van der Waals surface area contributed by atoms with E-state index in [0.29, 0.717) is 18.6 Å². The number of nitrogens with zero attached hydrogens (tertiary/aromatic N) is 4. The first-order valence-corrected chi connectivity index (χ1v) is 9.56. The van der Waals surface area contributed by atoms with Gasteiger partial charge in [0.2, 0.25) is 5.91 Å². The number of aryl methyl sites for hydroxylation is 3. The highest BCUT2D eigenvalue weighted by atomic mass is 16.4. The molecule has 1 atom stereocenters. The molecule has 0 aliphatic heterocycles. The molecule has 1 unspecified atom stereocenters. The zero-order valence-corrected chi connectivity index (χ0v) is 16.8. The number of hydrogen-bond donors (Lipinski definition) is 2. The molecule has 0 saturated carbocycles. The van der Waals surface area contributed by atoms with Gasteiger partial charge in [-0.3, -0.25) is 9.59 Å². The minimum atomic E-state index is -0.917. The number of amides is 1. The molecule has 0 radical (unpaired) electrons. The fourth-order valence-electron chi connectivity index (χ4n) is 3.45. The Balaban J connectivity index is 1.58. The van der Waals surface area contributed by atoms with Gasteiger partial charge >= 0.3 is 5.97 Å². The van der Waals surface area contributed by atoms with E-state index in [-0.39, 0.29) is 18.9 Å². The number of benzene rings is 1. The van der Waals surface area contributed by atoms with Crippen molar-refractivity contribution in [2.45, 2.75) is 40.0 Å². The van der Waals surface area contributed by atoms with E-state index < -0.39 is 11.9 Å². The van der Waals surface area contributed by atoms with Crippen molar-refractivity contribution in [2.24, 2.45) is 5.92 Å². The second kappa shape index (κ2) is 8.81. The highest BCUT2D eigenvalue weighted by Crippen LogP contribution is 2.15. The summed E-state index contributed by atoms with van der Waals surface area (Å²) in [5.74, 6) is -1.23. The number of carbonyl (C=O) groups is 2. The first-order valence-electron chi connectivity index (χ1n) is 9.56. The van der Waals surface area contributed by atoms with Gasteiger partial charge in [-0.05, 0) is 44.7 Å². The van der Waals surface area contributed by atoms with E-state index >= 15 is 0 Å². The molecule has 3 rings (SSSR count). The molecule has 1 amide bonds. The molecule has 152 valence electrons. The van der Waals surface area contributed by atoms with E-state index in [1.54, 1.807) is 4.52 Å². The van der Waals surface area contributed by atoms with Crippen LogP contribution in [0, 0.1) is 26.7 Å². The van der Waals surface area contributed by atoms with Crippen molar-refractivity contribution in [2.75, 3.05) is 6.54 Å². The van der Waals surface area contributed by atoms with Gasteiger partial charge in [-0.15, -0.1) is 0 Å². The van der Waals surface area contributed by atoms with Crippen molar-refractivity contribution in [1.82, 2.24) is 24.9 Å². The maximum absolute atomic E-state index is 12.3. The topological polar surface area (TPSA) is 109 Å². The Morgan fingerprint density at radius 2 is 2.03 bits per heavy atom. The van der Waals surface area contributed by atoms with Crippen LogP contribution in [0.2, 0.25) is 0 Å². The Hall–Kier alpha value is -3.29. The van der Waals surface area contributed by atoms with E-state index in [2.05, 4.69) is 20.4 Å². The van der Waals surface area contributed by atoms with Crippen LogP contribution in [-0.2, 0) is 22.4 Å². The number of aliphatic carboxylic acids is 1. The number of carbonyl (C=O) groups excluding carboxylic acids is 1. The van der Waals surface area contributed by atoms with Crippen molar-refractivity contribution in [1.29, 1.82) is 0 Å². The molecule has 0 fully saturated rings. The quantitative estimate of drug-likeness (QED) is 0.604. The molecular formula is C21H25N5O3. The van der Waals surface area contributed by atoms with Crippen LogP contribution in [0.1, 0.15) is 34.5 Å². The van der Waals surface area contributed by atoms with Crippen molar-refractivity contribution in [3.63, 3.8) is 0 Å². The SMILES string of the molecule is Cc1cccc(CC(CNC(=O)CCc2c(C)nc3ncnn3c2C)C(=O)O)c1. The molecule has 2 aromatic heterocycles. The van der Waals surface area contributed by atoms with Gasteiger partial charge in [0.1, 0.15) is 6.33 Å². The predicted octanol–water partition coefficient (Wildman–Crippen LogP) is 2.04. The fraction of sp³-hybridized carbons (Fsp3) is 0.381. The van der Waals surface area contributed by atoms with Gasteiger partial charge in [-0.25, -0.2) is 9.50 Å². The molecule has 0 spiro atoms. The van der Waals surface area contributed by atoms with E-state index in [4.69, 9.17) is 0 Å². The minimum absolute atomic E-state index is 0.0977. The summed E-state index contributed by atoms with van der Waals surface area (Å²) in [7, 11) is 0. The second-order valence-electron chi connectivity index (χ2n) is 7.27. The number of aromatic nitrogens is 4. The molecule has 8 heteroatoms. The first kappa shape index (κ1) is 20.4. The van der Waals surface area contributed by atoms with Crippen LogP contribution < -0.4 is 5.32 Å². The summed E-state index contributed by atoms with van der Waals surface area (Å²) in [5, 5.41) is 16.4. The van der Waals surface area contributed by atoms with E-state index in [1.807, 2.05) is 45.0 Å². The first-order chi connectivity index (χ1) is 13.8. The van der Waals surface area contributed by atoms with E-state index in [9.17, 15) is 14.7 Å². The summed E-state index contributed by atoms with van der Waals surface area (Å²) >= 11 is 0. The van der Waals surface area contributed by atoms with Gasteiger partial charge in [0.25, 0.3) is 5.78 Å². The minimum Gasteiger partial charge on any atom is -0.481 e. The van der Waals surface area contributed by atoms with Crippen molar-refractivity contribution < 1.29 is 14.7 Å². The highest BCUT2D eigenvalue weighted by Gasteiger charge is 2.19. The van der Waals surface area contributed by atoms with Crippen molar-refractivity contribution >= 4 is 17.7 Å². The van der Waals surface area contributed by atoms with Crippen LogP contribution in [0.4, 0.5) is 0 Å². The molecule has 29 heavy (non-hydrogen) atoms. The van der Waals surface area contributed by atoms with Crippen LogP contribution in [0.3, 0.4) is 0 Å². The van der Waals surface area contributed by atoms with E-state index in [1.165, 1.54) is 6.33 Å². The second-order valence-corrected chi connectivity index (χ2v) is 7.27. The number of carboxylic acid groups (broad SMARTS) is 1. The third-order valence-electron chi connectivity index (χ3n) is 5.05. The van der Waals surface area contributed by atoms with Gasteiger partial charge < -0.3 is 10.4 Å². The molecule has 0 saturated heterocycles. The summed E-state index contributed by atoms with van der Waals surface area (Å²) in [5.41, 5.74) is 4.71. The molecule has 0 aliphatic rings. The fourth-order valence-corrected chi connectivity index (χ4v) is 3.45. The summed E-state index contributed by atoms with van der Waals surface area (Å²) in [6.45, 7) is 5.88. The number of nitrogens with one attached hydrogen (secondary N) is 1. The maximum Gasteiger partial charge on any atom is 0.308 e.